The number of halogens is 6. The van der Waals surface area contributed by atoms with Gasteiger partial charge in [0.15, 0.2) is 11.6 Å². The molecule has 0 aliphatic heterocycles. The number of ether oxygens (including phenoxy) is 1. The number of aromatic hydroxyl groups is 1. The minimum atomic E-state index is -2.15. The van der Waals surface area contributed by atoms with Gasteiger partial charge in [0.25, 0.3) is 0 Å². The summed E-state index contributed by atoms with van der Waals surface area (Å²) in [6.45, 7) is 0. The maximum absolute atomic E-state index is 13.8. The van der Waals surface area contributed by atoms with E-state index < -0.39 is 40.6 Å². The fourth-order valence-electron chi connectivity index (χ4n) is 1.61. The summed E-state index contributed by atoms with van der Waals surface area (Å²) in [5, 5.41) is 18.2. The highest BCUT2D eigenvalue weighted by atomic mass is 127. The van der Waals surface area contributed by atoms with E-state index in [-0.39, 0.29) is 18.6 Å². The normalized spacial score (nSPS) is 10.7. The molecule has 0 radical (unpaired) electrons. The highest BCUT2D eigenvalue weighted by Gasteiger charge is 2.30. The van der Waals surface area contributed by atoms with Gasteiger partial charge in [-0.15, -0.1) is 0 Å². The summed E-state index contributed by atoms with van der Waals surface area (Å²) >= 11 is 3.43. The molecule has 10 heteroatoms. The molecule has 2 aromatic carbocycles. The quantitative estimate of drug-likeness (QED) is 0.330. The second kappa shape index (κ2) is 6.67. The van der Waals surface area contributed by atoms with Crippen molar-refractivity contribution in [1.29, 1.82) is 0 Å². The Morgan fingerprint density at radius 1 is 0.957 bits per heavy atom. The standard InChI is InChI=1S/C13H4F4I2O4/c14-7-6(13(21)22)8(15)10(17)12(9(7)16)23-3-1-4(18)11(20)5(19)2-3/h1-2,20H,(H,21,22). The van der Waals surface area contributed by atoms with Gasteiger partial charge in [-0.25, -0.2) is 13.6 Å². The fraction of sp³-hybridized carbons (Fsp3) is 0. The van der Waals surface area contributed by atoms with Gasteiger partial charge < -0.3 is 14.9 Å². The molecule has 0 unspecified atom stereocenters. The van der Waals surface area contributed by atoms with Crippen LogP contribution in [0.4, 0.5) is 17.6 Å². The van der Waals surface area contributed by atoms with Crippen LogP contribution in [0.5, 0.6) is 17.2 Å². The zero-order valence-electron chi connectivity index (χ0n) is 10.6. The molecule has 0 aromatic heterocycles. The van der Waals surface area contributed by atoms with Crippen molar-refractivity contribution in [3.63, 3.8) is 0 Å². The average molecular weight is 554 g/mol. The van der Waals surface area contributed by atoms with Crippen LogP contribution in [0.25, 0.3) is 0 Å². The second-order valence-corrected chi connectivity index (χ2v) is 6.43. The maximum atomic E-state index is 13.8. The Balaban J connectivity index is 2.60. The molecule has 0 saturated heterocycles. The predicted molar refractivity (Wildman–Crippen MR) is 86.8 cm³/mol. The van der Waals surface area contributed by atoms with Gasteiger partial charge in [-0.2, -0.15) is 8.78 Å². The average Bonchev–Trinajstić information content (AvgIpc) is 2.47. The van der Waals surface area contributed by atoms with Crippen LogP contribution in [-0.4, -0.2) is 16.2 Å². The molecule has 0 saturated carbocycles. The smallest absolute Gasteiger partial charge is 0.341 e. The Morgan fingerprint density at radius 3 is 1.78 bits per heavy atom. The van der Waals surface area contributed by atoms with E-state index in [1.807, 2.05) is 0 Å². The van der Waals surface area contributed by atoms with Gasteiger partial charge >= 0.3 is 5.97 Å². The van der Waals surface area contributed by atoms with Gasteiger partial charge in [0.1, 0.15) is 17.1 Å². The summed E-state index contributed by atoms with van der Waals surface area (Å²) in [7, 11) is 0. The van der Waals surface area contributed by atoms with Crippen molar-refractivity contribution in [2.24, 2.45) is 0 Å². The number of phenolic OH excluding ortho intramolecular Hbond substituents is 1. The molecule has 0 atom stereocenters. The molecule has 4 nitrogen and oxygen atoms in total. The minimum absolute atomic E-state index is 0.0990. The topological polar surface area (TPSA) is 66.8 Å². The summed E-state index contributed by atoms with van der Waals surface area (Å²) in [4.78, 5) is 10.7. The summed E-state index contributed by atoms with van der Waals surface area (Å²) in [6, 6.07) is 2.36. The number of phenols is 1. The van der Waals surface area contributed by atoms with Crippen molar-refractivity contribution in [2.45, 2.75) is 0 Å². The molecule has 2 N–H and O–H groups in total. The minimum Gasteiger partial charge on any atom is -0.506 e. The van der Waals surface area contributed by atoms with Gasteiger partial charge in [-0.1, -0.05) is 0 Å². The molecule has 0 aliphatic carbocycles. The number of rotatable bonds is 3. The third-order valence-electron chi connectivity index (χ3n) is 2.65. The number of carboxylic acid groups (broad SMARTS) is 1. The maximum Gasteiger partial charge on any atom is 0.341 e. The number of aromatic carboxylic acids is 1. The van der Waals surface area contributed by atoms with Crippen molar-refractivity contribution in [1.82, 2.24) is 0 Å². The van der Waals surface area contributed by atoms with Gasteiger partial charge in [-0.05, 0) is 57.3 Å². The Bertz CT molecular complexity index is 774. The summed E-state index contributed by atoms with van der Waals surface area (Å²) in [6.07, 6.45) is 0. The van der Waals surface area contributed by atoms with Crippen LogP contribution >= 0.6 is 45.2 Å². The summed E-state index contributed by atoms with van der Waals surface area (Å²) in [5.74, 6) is -12.0. The first-order valence-electron chi connectivity index (χ1n) is 5.60. The van der Waals surface area contributed by atoms with Crippen LogP contribution in [0.15, 0.2) is 12.1 Å². The molecule has 2 rings (SSSR count). The summed E-state index contributed by atoms with van der Waals surface area (Å²) < 4.78 is 60.2. The number of hydrogen-bond donors (Lipinski definition) is 2. The van der Waals surface area contributed by atoms with Crippen LogP contribution in [0, 0.1) is 30.4 Å². The Hall–Kier alpha value is -1.31. The first-order chi connectivity index (χ1) is 10.6. The van der Waals surface area contributed by atoms with Gasteiger partial charge in [0.05, 0.1) is 7.14 Å². The second-order valence-electron chi connectivity index (χ2n) is 4.10. The van der Waals surface area contributed by atoms with Crippen molar-refractivity contribution in [2.75, 3.05) is 0 Å². The zero-order valence-corrected chi connectivity index (χ0v) is 14.9. The van der Waals surface area contributed by atoms with Crippen molar-refractivity contribution in [3.8, 4) is 17.2 Å². The van der Waals surface area contributed by atoms with E-state index in [2.05, 4.69) is 0 Å². The molecule has 0 bridgehead atoms. The molecule has 0 aliphatic rings. The van der Waals surface area contributed by atoms with Crippen LogP contribution in [-0.2, 0) is 0 Å². The zero-order chi connectivity index (χ0) is 17.5. The molecule has 2 aromatic rings. The van der Waals surface area contributed by atoms with E-state index >= 15 is 0 Å². The molecule has 0 spiro atoms. The van der Waals surface area contributed by atoms with Crippen molar-refractivity contribution in [3.05, 3.63) is 48.1 Å². The van der Waals surface area contributed by atoms with Crippen molar-refractivity contribution < 1.29 is 37.3 Å². The van der Waals surface area contributed by atoms with Gasteiger partial charge in [-0.3, -0.25) is 0 Å². The molecular formula is C13H4F4I2O4. The third kappa shape index (κ3) is 3.32. The van der Waals surface area contributed by atoms with E-state index in [4.69, 9.17) is 9.84 Å². The molecule has 0 heterocycles. The molecule has 0 fully saturated rings. The lowest BCUT2D eigenvalue weighted by atomic mass is 10.1. The number of carbonyl (C=O) groups is 1. The fourth-order valence-corrected chi connectivity index (χ4v) is 3.32. The largest absolute Gasteiger partial charge is 0.506 e. The van der Waals surface area contributed by atoms with Crippen LogP contribution in [0.3, 0.4) is 0 Å². The Labute approximate surface area is 153 Å². The van der Waals surface area contributed by atoms with Crippen LogP contribution in [0.2, 0.25) is 0 Å². The van der Waals surface area contributed by atoms with Crippen LogP contribution < -0.4 is 4.74 Å². The molecule has 0 amide bonds. The monoisotopic (exact) mass is 554 g/mol. The first kappa shape index (κ1) is 18.0. The first-order valence-corrected chi connectivity index (χ1v) is 7.76. The van der Waals surface area contributed by atoms with Gasteiger partial charge in [0, 0.05) is 0 Å². The molecular weight excluding hydrogens is 550 g/mol. The van der Waals surface area contributed by atoms with Crippen LogP contribution in [0.1, 0.15) is 10.4 Å². The van der Waals surface area contributed by atoms with E-state index in [1.165, 1.54) is 12.1 Å². The number of carboxylic acids is 1. The van der Waals surface area contributed by atoms with Gasteiger partial charge in [0.2, 0.25) is 17.4 Å². The van der Waals surface area contributed by atoms with Crippen molar-refractivity contribution >= 4 is 51.2 Å². The van der Waals surface area contributed by atoms with E-state index in [9.17, 15) is 27.5 Å². The number of hydrogen-bond acceptors (Lipinski definition) is 3. The summed E-state index contributed by atoms with van der Waals surface area (Å²) in [5.41, 5.74) is -1.75. The Morgan fingerprint density at radius 2 is 1.39 bits per heavy atom. The highest BCUT2D eigenvalue weighted by molar-refractivity contribution is 14.1. The molecule has 23 heavy (non-hydrogen) atoms. The lowest BCUT2D eigenvalue weighted by Gasteiger charge is -2.12. The number of benzene rings is 2. The Kier molecular flexibility index (Phi) is 5.23. The lowest BCUT2D eigenvalue weighted by Crippen LogP contribution is -2.11. The van der Waals surface area contributed by atoms with E-state index in [0.717, 1.165) is 0 Å². The van der Waals surface area contributed by atoms with E-state index in [0.29, 0.717) is 0 Å². The highest BCUT2D eigenvalue weighted by Crippen LogP contribution is 2.36. The predicted octanol–water partition coefficient (Wildman–Crippen LogP) is 4.65. The third-order valence-corrected chi connectivity index (χ3v) is 4.29. The SMILES string of the molecule is O=C(O)c1c(F)c(F)c(Oc2cc(I)c(O)c(I)c2)c(F)c1F. The van der Waals surface area contributed by atoms with E-state index in [1.54, 1.807) is 45.2 Å². The molecule has 122 valence electrons. The lowest BCUT2D eigenvalue weighted by molar-refractivity contribution is 0.0683.